The van der Waals surface area contributed by atoms with Crippen LogP contribution in [0.25, 0.3) is 0 Å². The molecule has 0 unspecified atom stereocenters. The predicted octanol–water partition coefficient (Wildman–Crippen LogP) is 1.63. The first kappa shape index (κ1) is 14.1. The molecule has 2 N–H and O–H groups in total. The van der Waals surface area contributed by atoms with Crippen molar-refractivity contribution < 1.29 is 19.4 Å². The summed E-state index contributed by atoms with van der Waals surface area (Å²) in [5.74, 6) is -1.14. The van der Waals surface area contributed by atoms with Gasteiger partial charge in [-0.05, 0) is 25.7 Å². The first-order valence-corrected chi connectivity index (χ1v) is 6.92. The molecule has 1 aliphatic carbocycles. The molecule has 1 heterocycles. The summed E-state index contributed by atoms with van der Waals surface area (Å²) in [6, 6.07) is 0. The van der Waals surface area contributed by atoms with E-state index in [1.165, 1.54) is 6.42 Å². The summed E-state index contributed by atoms with van der Waals surface area (Å²) in [6.07, 6.45) is 7.41. The first-order valence-electron chi connectivity index (χ1n) is 6.92. The largest absolute Gasteiger partial charge is 0.480 e. The third-order valence-electron chi connectivity index (χ3n) is 3.91. The van der Waals surface area contributed by atoms with Gasteiger partial charge in [0.2, 0.25) is 5.91 Å². The van der Waals surface area contributed by atoms with Gasteiger partial charge in [-0.3, -0.25) is 4.79 Å². The Morgan fingerprint density at radius 1 is 1.32 bits per heavy atom. The summed E-state index contributed by atoms with van der Waals surface area (Å²) in [4.78, 5) is 23.5. The van der Waals surface area contributed by atoms with Gasteiger partial charge in [0.1, 0.15) is 5.54 Å². The number of carboxylic acids is 1. The monoisotopic (exact) mass is 267 g/mol. The SMILES string of the molecule is O=C(CC1=CCCCC1)NC1(C(=O)O)CCOCC1. The first-order chi connectivity index (χ1) is 9.12. The number of nitrogens with one attached hydrogen (secondary N) is 1. The Morgan fingerprint density at radius 2 is 2.05 bits per heavy atom. The number of rotatable bonds is 4. The van der Waals surface area contributed by atoms with Crippen molar-refractivity contribution in [1.29, 1.82) is 0 Å². The lowest BCUT2D eigenvalue weighted by molar-refractivity contribution is -0.152. The van der Waals surface area contributed by atoms with Crippen LogP contribution >= 0.6 is 0 Å². The molecule has 5 nitrogen and oxygen atoms in total. The molecule has 0 aromatic rings. The van der Waals surface area contributed by atoms with Crippen LogP contribution in [0, 0.1) is 0 Å². The number of carbonyl (C=O) groups is 2. The maximum absolute atomic E-state index is 12.0. The van der Waals surface area contributed by atoms with E-state index in [0.29, 0.717) is 32.5 Å². The van der Waals surface area contributed by atoms with E-state index in [0.717, 1.165) is 24.8 Å². The fourth-order valence-electron chi connectivity index (χ4n) is 2.69. The van der Waals surface area contributed by atoms with Crippen molar-refractivity contribution in [3.05, 3.63) is 11.6 Å². The number of allylic oxidation sites excluding steroid dienone is 1. The maximum Gasteiger partial charge on any atom is 0.329 e. The van der Waals surface area contributed by atoms with E-state index in [2.05, 4.69) is 11.4 Å². The second kappa shape index (κ2) is 6.19. The van der Waals surface area contributed by atoms with Crippen LogP contribution < -0.4 is 5.32 Å². The van der Waals surface area contributed by atoms with Crippen LogP contribution in [0.5, 0.6) is 0 Å². The van der Waals surface area contributed by atoms with Crippen LogP contribution in [0.2, 0.25) is 0 Å². The molecule has 0 bridgehead atoms. The van der Waals surface area contributed by atoms with Crippen LogP contribution in [0.15, 0.2) is 11.6 Å². The highest BCUT2D eigenvalue weighted by atomic mass is 16.5. The molecule has 0 aromatic carbocycles. The van der Waals surface area contributed by atoms with Crippen molar-refractivity contribution in [2.45, 2.75) is 50.5 Å². The summed E-state index contributed by atoms with van der Waals surface area (Å²) >= 11 is 0. The lowest BCUT2D eigenvalue weighted by atomic mass is 9.89. The normalized spacial score (nSPS) is 22.4. The topological polar surface area (TPSA) is 75.6 Å². The number of ether oxygens (including phenoxy) is 1. The van der Waals surface area contributed by atoms with Crippen molar-refractivity contribution in [1.82, 2.24) is 5.32 Å². The van der Waals surface area contributed by atoms with Gasteiger partial charge in [-0.25, -0.2) is 4.79 Å². The van der Waals surface area contributed by atoms with Gasteiger partial charge >= 0.3 is 5.97 Å². The molecule has 2 aliphatic rings. The van der Waals surface area contributed by atoms with Crippen molar-refractivity contribution in [3.63, 3.8) is 0 Å². The van der Waals surface area contributed by atoms with Crippen molar-refractivity contribution in [2.75, 3.05) is 13.2 Å². The Morgan fingerprint density at radius 3 is 2.63 bits per heavy atom. The molecule has 0 saturated carbocycles. The lowest BCUT2D eigenvalue weighted by Gasteiger charge is -2.34. The molecule has 5 heteroatoms. The van der Waals surface area contributed by atoms with E-state index in [1.807, 2.05) is 0 Å². The third-order valence-corrected chi connectivity index (χ3v) is 3.91. The van der Waals surface area contributed by atoms with E-state index < -0.39 is 11.5 Å². The Bertz CT molecular complexity index is 383. The van der Waals surface area contributed by atoms with Crippen molar-refractivity contribution in [3.8, 4) is 0 Å². The molecule has 2 rings (SSSR count). The van der Waals surface area contributed by atoms with Gasteiger partial charge in [0, 0.05) is 32.5 Å². The molecule has 1 fully saturated rings. The third kappa shape index (κ3) is 3.56. The lowest BCUT2D eigenvalue weighted by Crippen LogP contribution is -2.57. The average Bonchev–Trinajstić information content (AvgIpc) is 2.40. The molecular formula is C14H21NO4. The second-order valence-electron chi connectivity index (χ2n) is 5.33. The van der Waals surface area contributed by atoms with Crippen LogP contribution in [0.3, 0.4) is 0 Å². The number of carbonyl (C=O) groups excluding carboxylic acids is 1. The number of carboxylic acid groups (broad SMARTS) is 1. The average molecular weight is 267 g/mol. The summed E-state index contributed by atoms with van der Waals surface area (Å²) in [6.45, 7) is 0.768. The van der Waals surface area contributed by atoms with Crippen molar-refractivity contribution >= 4 is 11.9 Å². The van der Waals surface area contributed by atoms with Crippen LogP contribution in [-0.4, -0.2) is 35.7 Å². The highest BCUT2D eigenvalue weighted by molar-refractivity contribution is 5.88. The minimum Gasteiger partial charge on any atom is -0.480 e. The smallest absolute Gasteiger partial charge is 0.329 e. The molecule has 0 spiro atoms. The van der Waals surface area contributed by atoms with E-state index in [9.17, 15) is 14.7 Å². The molecule has 106 valence electrons. The summed E-state index contributed by atoms with van der Waals surface area (Å²) < 4.78 is 5.18. The zero-order chi connectivity index (χ0) is 13.7. The minimum absolute atomic E-state index is 0.183. The molecular weight excluding hydrogens is 246 g/mol. The minimum atomic E-state index is -1.13. The Labute approximate surface area is 113 Å². The van der Waals surface area contributed by atoms with Crippen molar-refractivity contribution in [2.24, 2.45) is 0 Å². The van der Waals surface area contributed by atoms with Gasteiger partial charge in [0.05, 0.1) is 0 Å². The van der Waals surface area contributed by atoms with E-state index in [-0.39, 0.29) is 5.91 Å². The van der Waals surface area contributed by atoms with E-state index >= 15 is 0 Å². The quantitative estimate of drug-likeness (QED) is 0.759. The van der Waals surface area contributed by atoms with Gasteiger partial charge in [-0.2, -0.15) is 0 Å². The van der Waals surface area contributed by atoms with Gasteiger partial charge in [0.25, 0.3) is 0 Å². The van der Waals surface area contributed by atoms with Crippen LogP contribution in [0.4, 0.5) is 0 Å². The van der Waals surface area contributed by atoms with Crippen LogP contribution in [0.1, 0.15) is 44.9 Å². The maximum atomic E-state index is 12.0. The summed E-state index contributed by atoms with van der Waals surface area (Å²) in [5, 5.41) is 12.1. The standard InChI is InChI=1S/C14H21NO4/c16-12(10-11-4-2-1-3-5-11)15-14(13(17)18)6-8-19-9-7-14/h4H,1-3,5-10H2,(H,15,16)(H,17,18). The Balaban J connectivity index is 1.95. The van der Waals surface area contributed by atoms with E-state index in [1.54, 1.807) is 0 Å². The highest BCUT2D eigenvalue weighted by Crippen LogP contribution is 2.23. The molecule has 0 atom stereocenters. The Hall–Kier alpha value is -1.36. The number of hydrogen-bond donors (Lipinski definition) is 2. The van der Waals surface area contributed by atoms with Gasteiger partial charge in [-0.15, -0.1) is 0 Å². The fourth-order valence-corrected chi connectivity index (χ4v) is 2.69. The molecule has 1 saturated heterocycles. The fraction of sp³-hybridized carbons (Fsp3) is 0.714. The van der Waals surface area contributed by atoms with Gasteiger partial charge < -0.3 is 15.2 Å². The molecule has 0 aromatic heterocycles. The van der Waals surface area contributed by atoms with Gasteiger partial charge in [0.15, 0.2) is 0 Å². The summed E-state index contributed by atoms with van der Waals surface area (Å²) in [5.41, 5.74) is 0.00114. The Kier molecular flexibility index (Phi) is 4.58. The second-order valence-corrected chi connectivity index (χ2v) is 5.33. The molecule has 1 aliphatic heterocycles. The van der Waals surface area contributed by atoms with Gasteiger partial charge in [-0.1, -0.05) is 11.6 Å². The van der Waals surface area contributed by atoms with Crippen LogP contribution in [-0.2, 0) is 14.3 Å². The number of aliphatic carboxylic acids is 1. The van der Waals surface area contributed by atoms with E-state index in [4.69, 9.17) is 4.74 Å². The zero-order valence-corrected chi connectivity index (χ0v) is 11.1. The highest BCUT2D eigenvalue weighted by Gasteiger charge is 2.41. The summed E-state index contributed by atoms with van der Waals surface area (Å²) in [7, 11) is 0. The zero-order valence-electron chi connectivity index (χ0n) is 11.1. The molecule has 1 amide bonds. The molecule has 19 heavy (non-hydrogen) atoms. The number of hydrogen-bond acceptors (Lipinski definition) is 3. The molecule has 0 radical (unpaired) electrons. The number of amides is 1. The predicted molar refractivity (Wildman–Crippen MR) is 69.7 cm³/mol.